The molecule has 0 aliphatic rings. The Labute approximate surface area is 116 Å². The van der Waals surface area contributed by atoms with Crippen LogP contribution in [0.3, 0.4) is 0 Å². The van der Waals surface area contributed by atoms with Gasteiger partial charge in [0, 0.05) is 31.9 Å². The predicted octanol–water partition coefficient (Wildman–Crippen LogP) is 0.939. The highest BCUT2D eigenvalue weighted by atomic mass is 19.1. The molecule has 0 fully saturated rings. The summed E-state index contributed by atoms with van der Waals surface area (Å²) in [5, 5.41) is 0. The number of nitrogen functional groups attached to an aromatic ring is 1. The normalized spacial score (nSPS) is 10.5. The molecule has 0 aromatic heterocycles. The van der Waals surface area contributed by atoms with Crippen LogP contribution in [-0.2, 0) is 9.47 Å². The zero-order chi connectivity index (χ0) is 15.0. The van der Waals surface area contributed by atoms with Gasteiger partial charge in [0.25, 0.3) is 5.91 Å². The molecule has 0 heterocycles. The molecule has 0 aliphatic carbocycles. The molecule has 0 spiro atoms. The van der Waals surface area contributed by atoms with E-state index in [1.165, 1.54) is 6.07 Å². The van der Waals surface area contributed by atoms with Crippen LogP contribution in [0.25, 0.3) is 0 Å². The van der Waals surface area contributed by atoms with Gasteiger partial charge < -0.3 is 25.7 Å². The van der Waals surface area contributed by atoms with E-state index in [0.717, 1.165) is 6.07 Å². The third kappa shape index (κ3) is 5.02. The van der Waals surface area contributed by atoms with Crippen LogP contribution in [0.2, 0.25) is 0 Å². The van der Waals surface area contributed by atoms with Crippen LogP contribution in [0.4, 0.5) is 10.1 Å². The van der Waals surface area contributed by atoms with Gasteiger partial charge in [0.05, 0.1) is 25.4 Å². The fraction of sp³-hybridized carbons (Fsp3) is 0.462. The van der Waals surface area contributed by atoms with Crippen LogP contribution in [0.15, 0.2) is 12.1 Å². The van der Waals surface area contributed by atoms with Crippen molar-refractivity contribution in [2.45, 2.75) is 6.42 Å². The second-order valence-electron chi connectivity index (χ2n) is 4.04. The minimum Gasteiger partial charge on any atom is -0.490 e. The Morgan fingerprint density at radius 1 is 1.25 bits per heavy atom. The number of rotatable bonds is 9. The molecular formula is C13H19FN2O4. The zero-order valence-electron chi connectivity index (χ0n) is 11.4. The Morgan fingerprint density at radius 2 is 2.00 bits per heavy atom. The highest BCUT2D eigenvalue weighted by Gasteiger charge is 2.12. The first-order valence-corrected chi connectivity index (χ1v) is 6.14. The quantitative estimate of drug-likeness (QED) is 0.520. The maximum Gasteiger partial charge on any atom is 0.250 e. The lowest BCUT2D eigenvalue weighted by Gasteiger charge is -2.10. The predicted molar refractivity (Wildman–Crippen MR) is 72.1 cm³/mol. The second-order valence-corrected chi connectivity index (χ2v) is 4.04. The maximum atomic E-state index is 13.6. The number of benzene rings is 1. The fourth-order valence-corrected chi connectivity index (χ4v) is 1.48. The largest absolute Gasteiger partial charge is 0.490 e. The topological polar surface area (TPSA) is 96.8 Å². The smallest absolute Gasteiger partial charge is 0.250 e. The fourth-order valence-electron chi connectivity index (χ4n) is 1.48. The van der Waals surface area contributed by atoms with Crippen molar-refractivity contribution < 1.29 is 23.4 Å². The number of hydrogen-bond acceptors (Lipinski definition) is 5. The van der Waals surface area contributed by atoms with Gasteiger partial charge in [-0.1, -0.05) is 0 Å². The average molecular weight is 286 g/mol. The molecular weight excluding hydrogens is 267 g/mol. The summed E-state index contributed by atoms with van der Waals surface area (Å²) in [5.41, 5.74) is 10.6. The van der Waals surface area contributed by atoms with Crippen LogP contribution < -0.4 is 16.2 Å². The lowest BCUT2D eigenvalue weighted by molar-refractivity contribution is 0.0642. The Morgan fingerprint density at radius 3 is 2.65 bits per heavy atom. The van der Waals surface area contributed by atoms with Gasteiger partial charge in [0.2, 0.25) is 0 Å². The summed E-state index contributed by atoms with van der Waals surface area (Å²) >= 11 is 0. The first kappa shape index (κ1) is 16.2. The van der Waals surface area contributed by atoms with Crippen molar-refractivity contribution in [1.82, 2.24) is 0 Å². The van der Waals surface area contributed by atoms with Crippen molar-refractivity contribution in [2.24, 2.45) is 5.73 Å². The number of hydrogen-bond donors (Lipinski definition) is 2. The molecule has 1 aromatic rings. The van der Waals surface area contributed by atoms with E-state index in [1.54, 1.807) is 7.11 Å². The Hall–Kier alpha value is -1.86. The van der Waals surface area contributed by atoms with Crippen LogP contribution in [0.5, 0.6) is 5.75 Å². The van der Waals surface area contributed by atoms with E-state index in [9.17, 15) is 9.18 Å². The summed E-state index contributed by atoms with van der Waals surface area (Å²) < 4.78 is 28.9. The highest BCUT2D eigenvalue weighted by Crippen LogP contribution is 2.24. The third-order valence-corrected chi connectivity index (χ3v) is 2.49. The van der Waals surface area contributed by atoms with Gasteiger partial charge in [-0.25, -0.2) is 4.39 Å². The van der Waals surface area contributed by atoms with Crippen molar-refractivity contribution >= 4 is 11.6 Å². The molecule has 0 saturated heterocycles. The van der Waals surface area contributed by atoms with E-state index in [4.69, 9.17) is 25.7 Å². The summed E-state index contributed by atoms with van der Waals surface area (Å²) in [6.45, 7) is 1.75. The molecule has 1 rings (SSSR count). The first-order valence-electron chi connectivity index (χ1n) is 6.14. The minimum absolute atomic E-state index is 0.00903. The SMILES string of the molecule is COCCOCCCOc1cc(C(N)=O)c(N)cc1F. The van der Waals surface area contributed by atoms with Gasteiger partial charge >= 0.3 is 0 Å². The van der Waals surface area contributed by atoms with Crippen LogP contribution in [-0.4, -0.2) is 39.4 Å². The molecule has 0 bridgehead atoms. The lowest BCUT2D eigenvalue weighted by Crippen LogP contribution is -2.14. The lowest BCUT2D eigenvalue weighted by atomic mass is 10.1. The van der Waals surface area contributed by atoms with E-state index < -0.39 is 11.7 Å². The Kier molecular flexibility index (Phi) is 6.75. The number of carbonyl (C=O) groups excluding carboxylic acids is 1. The first-order chi connectivity index (χ1) is 9.56. The van der Waals surface area contributed by atoms with Crippen molar-refractivity contribution in [3.8, 4) is 5.75 Å². The number of halogens is 1. The summed E-state index contributed by atoms with van der Waals surface area (Å²) in [7, 11) is 1.59. The highest BCUT2D eigenvalue weighted by molar-refractivity contribution is 5.98. The molecule has 1 amide bonds. The molecule has 6 nitrogen and oxygen atoms in total. The van der Waals surface area contributed by atoms with Crippen LogP contribution >= 0.6 is 0 Å². The monoisotopic (exact) mass is 286 g/mol. The van der Waals surface area contributed by atoms with Crippen molar-refractivity contribution in [3.05, 3.63) is 23.5 Å². The molecule has 0 radical (unpaired) electrons. The van der Waals surface area contributed by atoms with Gasteiger partial charge in [-0.2, -0.15) is 0 Å². The number of nitrogens with two attached hydrogens (primary N) is 2. The van der Waals surface area contributed by atoms with E-state index in [1.807, 2.05) is 0 Å². The number of amides is 1. The molecule has 0 aliphatic heterocycles. The van der Waals surface area contributed by atoms with Gasteiger partial charge in [-0.15, -0.1) is 0 Å². The molecule has 112 valence electrons. The standard InChI is InChI=1S/C13H19FN2O4/c1-18-5-6-19-3-2-4-20-12-7-9(13(16)17)11(15)8-10(12)14/h7-8H,2-6,15H2,1H3,(H2,16,17). The number of carbonyl (C=O) groups is 1. The number of ether oxygens (including phenoxy) is 3. The summed E-state index contributed by atoms with van der Waals surface area (Å²) in [6.07, 6.45) is 0.583. The van der Waals surface area contributed by atoms with Crippen molar-refractivity contribution in [1.29, 1.82) is 0 Å². The van der Waals surface area contributed by atoms with Gasteiger partial charge in [0.15, 0.2) is 11.6 Å². The molecule has 0 atom stereocenters. The summed E-state index contributed by atoms with van der Waals surface area (Å²) in [5.74, 6) is -1.41. The number of methoxy groups -OCH3 is 1. The van der Waals surface area contributed by atoms with Crippen molar-refractivity contribution in [2.75, 3.05) is 39.3 Å². The van der Waals surface area contributed by atoms with E-state index in [-0.39, 0.29) is 23.6 Å². The molecule has 0 unspecified atom stereocenters. The van der Waals surface area contributed by atoms with Crippen LogP contribution in [0, 0.1) is 5.82 Å². The Bertz CT molecular complexity index is 454. The summed E-state index contributed by atoms with van der Waals surface area (Å²) in [6, 6.07) is 2.23. The van der Waals surface area contributed by atoms with Crippen LogP contribution in [0.1, 0.15) is 16.8 Å². The molecule has 1 aromatic carbocycles. The molecule has 0 saturated carbocycles. The second kappa shape index (κ2) is 8.34. The molecule has 20 heavy (non-hydrogen) atoms. The molecule has 4 N–H and O–H groups in total. The van der Waals surface area contributed by atoms with E-state index in [2.05, 4.69) is 0 Å². The Balaban J connectivity index is 2.44. The van der Waals surface area contributed by atoms with Gasteiger partial charge in [-0.05, 0) is 6.07 Å². The number of primary amides is 1. The molecule has 7 heteroatoms. The van der Waals surface area contributed by atoms with E-state index in [0.29, 0.717) is 26.2 Å². The van der Waals surface area contributed by atoms with Gasteiger partial charge in [0.1, 0.15) is 0 Å². The maximum absolute atomic E-state index is 13.6. The van der Waals surface area contributed by atoms with E-state index >= 15 is 0 Å². The van der Waals surface area contributed by atoms with Gasteiger partial charge in [-0.3, -0.25) is 4.79 Å². The third-order valence-electron chi connectivity index (χ3n) is 2.49. The summed E-state index contributed by atoms with van der Waals surface area (Å²) in [4.78, 5) is 11.1. The minimum atomic E-state index is -0.727. The average Bonchev–Trinajstić information content (AvgIpc) is 2.39. The van der Waals surface area contributed by atoms with Crippen molar-refractivity contribution in [3.63, 3.8) is 0 Å². The zero-order valence-corrected chi connectivity index (χ0v) is 11.4. The number of anilines is 1.